The fraction of sp³-hybridized carbons (Fsp3) is 0.0196. The molecular weight excluding hydrogens is 790 g/mol. The third kappa shape index (κ3) is 4.76. The van der Waals surface area contributed by atoms with Crippen LogP contribution >= 0.6 is 22.7 Å². The molecule has 0 N–H and O–H groups in total. The summed E-state index contributed by atoms with van der Waals surface area (Å²) in [5.41, 5.74) is 3.76. The number of nitrogens with zero attached hydrogens (tertiary/aromatic N) is 4. The van der Waals surface area contributed by atoms with E-state index in [2.05, 4.69) is 75.9 Å². The Bertz CT molecular complexity index is 3710. The summed E-state index contributed by atoms with van der Waals surface area (Å²) in [7, 11) is 0. The van der Waals surface area contributed by atoms with Crippen molar-refractivity contribution in [2.24, 2.45) is 0 Å². The first kappa shape index (κ1) is 34.6. The molecule has 9 heteroatoms. The van der Waals surface area contributed by atoms with E-state index >= 15 is 13.2 Å². The molecule has 282 valence electrons. The van der Waals surface area contributed by atoms with Crippen LogP contribution in [0.2, 0.25) is 0 Å². The topological polar surface area (TPSA) is 57.4 Å². The van der Waals surface area contributed by atoms with Crippen molar-refractivity contribution in [3.63, 3.8) is 0 Å². The number of nitriles is 2. The van der Waals surface area contributed by atoms with Gasteiger partial charge < -0.3 is 9.13 Å². The lowest BCUT2D eigenvalue weighted by Crippen LogP contribution is -2.09. The van der Waals surface area contributed by atoms with Crippen LogP contribution in [0.25, 0.3) is 106 Å². The zero-order valence-corrected chi connectivity index (χ0v) is 32.8. The van der Waals surface area contributed by atoms with Crippen molar-refractivity contribution in [1.82, 2.24) is 9.13 Å². The van der Waals surface area contributed by atoms with Crippen LogP contribution in [0.1, 0.15) is 16.7 Å². The summed E-state index contributed by atoms with van der Waals surface area (Å²) in [5, 5.41) is 29.5. The molecule has 0 radical (unpaired) electrons. The lowest BCUT2D eigenvalue weighted by atomic mass is 9.94. The van der Waals surface area contributed by atoms with Gasteiger partial charge in [0.15, 0.2) is 0 Å². The third-order valence-corrected chi connectivity index (χ3v) is 14.2. The van der Waals surface area contributed by atoms with Gasteiger partial charge in [0, 0.05) is 52.5 Å². The highest BCUT2D eigenvalue weighted by atomic mass is 32.1. The average Bonchev–Trinajstić information content (AvgIpc) is 4.03. The van der Waals surface area contributed by atoms with E-state index in [1.807, 2.05) is 66.7 Å². The number of rotatable bonds is 3. The highest BCUT2D eigenvalue weighted by Gasteiger charge is 2.35. The highest BCUT2D eigenvalue weighted by Crippen LogP contribution is 2.48. The van der Waals surface area contributed by atoms with E-state index < -0.39 is 11.7 Å². The minimum Gasteiger partial charge on any atom is -0.306 e. The molecule has 0 aliphatic heterocycles. The molecule has 0 amide bonds. The molecule has 0 saturated carbocycles. The molecule has 0 aliphatic rings. The van der Waals surface area contributed by atoms with E-state index in [4.69, 9.17) is 0 Å². The fourth-order valence-electron chi connectivity index (χ4n) is 9.30. The fourth-order valence-corrected chi connectivity index (χ4v) is 11.8. The second kappa shape index (κ2) is 12.5. The number of thiophene rings is 2. The van der Waals surface area contributed by atoms with Gasteiger partial charge in [0.25, 0.3) is 0 Å². The molecule has 12 rings (SSSR count). The van der Waals surface area contributed by atoms with Crippen molar-refractivity contribution in [2.45, 2.75) is 6.18 Å². The summed E-state index contributed by atoms with van der Waals surface area (Å²) in [6.45, 7) is 0. The molecule has 0 saturated heterocycles. The normalized spacial score (nSPS) is 12.2. The zero-order chi connectivity index (χ0) is 40.4. The zero-order valence-electron chi connectivity index (χ0n) is 31.2. The second-order valence-electron chi connectivity index (χ2n) is 14.9. The van der Waals surface area contributed by atoms with Gasteiger partial charge in [-0.05, 0) is 59.7 Å². The van der Waals surface area contributed by atoms with Crippen LogP contribution in [-0.2, 0) is 6.18 Å². The van der Waals surface area contributed by atoms with Crippen molar-refractivity contribution < 1.29 is 13.2 Å². The van der Waals surface area contributed by atoms with Crippen LogP contribution in [0.4, 0.5) is 13.2 Å². The lowest BCUT2D eigenvalue weighted by Gasteiger charge is -2.20. The van der Waals surface area contributed by atoms with Crippen LogP contribution in [0, 0.1) is 22.7 Å². The highest BCUT2D eigenvalue weighted by molar-refractivity contribution is 7.27. The Kier molecular flexibility index (Phi) is 7.23. The lowest BCUT2D eigenvalue weighted by molar-refractivity contribution is -0.137. The summed E-state index contributed by atoms with van der Waals surface area (Å²) >= 11 is 3.32. The van der Waals surface area contributed by atoms with Crippen LogP contribution in [-0.4, -0.2) is 9.13 Å². The number of fused-ring (bicyclic) bond motifs is 14. The number of benzene rings is 8. The van der Waals surface area contributed by atoms with Crippen LogP contribution in [0.3, 0.4) is 0 Å². The molecule has 0 spiro atoms. The Morgan fingerprint density at radius 2 is 0.933 bits per heavy atom. The first-order valence-electron chi connectivity index (χ1n) is 19.2. The van der Waals surface area contributed by atoms with Crippen molar-refractivity contribution in [1.29, 1.82) is 10.5 Å². The van der Waals surface area contributed by atoms with E-state index in [0.29, 0.717) is 16.9 Å². The monoisotopic (exact) mass is 814 g/mol. The van der Waals surface area contributed by atoms with Gasteiger partial charge in [0.1, 0.15) is 11.6 Å². The van der Waals surface area contributed by atoms with E-state index in [9.17, 15) is 10.5 Å². The Morgan fingerprint density at radius 3 is 1.42 bits per heavy atom. The van der Waals surface area contributed by atoms with Crippen molar-refractivity contribution >= 4 is 107 Å². The van der Waals surface area contributed by atoms with Gasteiger partial charge in [-0.3, -0.25) is 0 Å². The second-order valence-corrected chi connectivity index (χ2v) is 17.1. The molecule has 4 nitrogen and oxygen atoms in total. The summed E-state index contributed by atoms with van der Waals surface area (Å²) in [4.78, 5) is 0. The minimum atomic E-state index is -4.78. The summed E-state index contributed by atoms with van der Waals surface area (Å²) in [6.07, 6.45) is -4.78. The predicted octanol–water partition coefficient (Wildman–Crippen LogP) is 15.0. The molecule has 0 fully saturated rings. The smallest absolute Gasteiger partial charge is 0.306 e. The molecule has 0 atom stereocenters. The van der Waals surface area contributed by atoms with Crippen LogP contribution in [0.15, 0.2) is 152 Å². The van der Waals surface area contributed by atoms with E-state index in [1.165, 1.54) is 12.1 Å². The van der Waals surface area contributed by atoms with Gasteiger partial charge in [-0.15, -0.1) is 22.7 Å². The average molecular weight is 815 g/mol. The molecule has 0 aliphatic carbocycles. The van der Waals surface area contributed by atoms with E-state index in [0.717, 1.165) is 90.0 Å². The Morgan fingerprint density at radius 1 is 0.467 bits per heavy atom. The maximum atomic E-state index is 15.2. The largest absolute Gasteiger partial charge is 0.417 e. The predicted molar refractivity (Wildman–Crippen MR) is 241 cm³/mol. The van der Waals surface area contributed by atoms with E-state index in [-0.39, 0.29) is 16.7 Å². The van der Waals surface area contributed by atoms with E-state index in [1.54, 1.807) is 34.8 Å². The van der Waals surface area contributed by atoms with Gasteiger partial charge in [0.05, 0.1) is 60.0 Å². The van der Waals surface area contributed by atoms with Gasteiger partial charge in [-0.2, -0.15) is 23.7 Å². The van der Waals surface area contributed by atoms with Gasteiger partial charge in [-0.25, -0.2) is 0 Å². The summed E-state index contributed by atoms with van der Waals surface area (Å²) in [5.74, 6) is 0. The van der Waals surface area contributed by atoms with Gasteiger partial charge >= 0.3 is 6.18 Å². The maximum absolute atomic E-state index is 15.2. The Hall–Kier alpha value is -7.43. The standard InChI is InChI=1S/C51H25F3N4S2/c52-51(53,54)40-23-28(26-55)17-18-30(40)29-24-43(57-41-13-5-1-9-31(41)35-19-21-37-33-11-3-7-15-45(33)59-49(37)47(35)57)39(27-56)44(25-29)58-42-14-6-2-10-32(42)36-20-22-38-34-12-4-8-16-46(34)60-50(38)48(36)58/h1-25H. The molecule has 0 bridgehead atoms. The summed E-state index contributed by atoms with van der Waals surface area (Å²) in [6, 6.07) is 52.6. The SMILES string of the molecule is N#Cc1ccc(-c2cc(-n3c4ccccc4c4ccc5c6ccccc6sc5c43)c(C#N)c(-n3c4ccccc4c4ccc5c6ccccc6sc5c43)c2)c(C(F)(F)F)c1. The molecule has 0 unspecified atom stereocenters. The molecule has 4 aromatic heterocycles. The van der Waals surface area contributed by atoms with Crippen LogP contribution in [0.5, 0.6) is 0 Å². The number of hydrogen-bond donors (Lipinski definition) is 0. The van der Waals surface area contributed by atoms with Gasteiger partial charge in [-0.1, -0.05) is 103 Å². The van der Waals surface area contributed by atoms with Gasteiger partial charge in [0.2, 0.25) is 0 Å². The van der Waals surface area contributed by atoms with Crippen molar-refractivity contribution in [3.05, 3.63) is 168 Å². The molecular formula is C51H25F3N4S2. The molecule has 4 heterocycles. The van der Waals surface area contributed by atoms with Crippen molar-refractivity contribution in [2.75, 3.05) is 0 Å². The number of alkyl halides is 3. The Labute approximate surface area is 347 Å². The summed E-state index contributed by atoms with van der Waals surface area (Å²) < 4.78 is 53.9. The molecule has 8 aromatic carbocycles. The molecule has 60 heavy (non-hydrogen) atoms. The van der Waals surface area contributed by atoms with Crippen LogP contribution < -0.4 is 0 Å². The number of halogens is 3. The third-order valence-electron chi connectivity index (χ3n) is 11.8. The quantitative estimate of drug-likeness (QED) is 0.178. The molecule has 12 aromatic rings. The first-order chi connectivity index (χ1) is 29.3. The minimum absolute atomic E-state index is 0.0888. The maximum Gasteiger partial charge on any atom is 0.417 e. The number of aromatic nitrogens is 2. The van der Waals surface area contributed by atoms with Crippen molar-refractivity contribution in [3.8, 4) is 34.6 Å². The first-order valence-corrected chi connectivity index (χ1v) is 20.8. The number of hydrogen-bond acceptors (Lipinski definition) is 4. The Balaban J connectivity index is 1.31. The number of para-hydroxylation sites is 2.